The molecule has 0 unspecified atom stereocenters. The van der Waals surface area contributed by atoms with Gasteiger partial charge in [-0.3, -0.25) is 4.79 Å². The van der Waals surface area contributed by atoms with Crippen molar-refractivity contribution in [3.63, 3.8) is 0 Å². The number of amides is 1. The van der Waals surface area contributed by atoms with Gasteiger partial charge in [-0.05, 0) is 73.1 Å². The normalized spacial score (nSPS) is 10.5. The van der Waals surface area contributed by atoms with Gasteiger partial charge in [0.2, 0.25) is 0 Å². The summed E-state index contributed by atoms with van der Waals surface area (Å²) in [5, 5.41) is 2.85. The lowest BCUT2D eigenvalue weighted by Crippen LogP contribution is -2.13. The molecule has 0 saturated carbocycles. The quantitative estimate of drug-likeness (QED) is 0.842. The minimum absolute atomic E-state index is 0.112. The molecule has 4 nitrogen and oxygen atoms in total. The average Bonchev–Trinajstić information content (AvgIpc) is 2.42. The second-order valence-corrected chi connectivity index (χ2v) is 5.72. The van der Waals surface area contributed by atoms with E-state index in [1.54, 1.807) is 30.3 Å². The third-order valence-corrected chi connectivity index (χ3v) is 3.23. The molecule has 0 spiro atoms. The van der Waals surface area contributed by atoms with Crippen LogP contribution in [0, 0.1) is 6.92 Å². The molecule has 0 aliphatic carbocycles. The zero-order chi connectivity index (χ0) is 15.4. The van der Waals surface area contributed by atoms with E-state index in [4.69, 9.17) is 4.74 Å². The Kier molecular flexibility index (Phi) is 4.96. The van der Waals surface area contributed by atoms with Crippen LogP contribution in [0.5, 0.6) is 5.75 Å². The molecule has 1 N–H and O–H groups in total. The van der Waals surface area contributed by atoms with Crippen LogP contribution in [-0.4, -0.2) is 17.0 Å². The molecule has 0 saturated heterocycles. The molecule has 21 heavy (non-hydrogen) atoms. The van der Waals surface area contributed by atoms with Gasteiger partial charge in [0, 0.05) is 5.56 Å². The average molecular weight is 349 g/mol. The molecule has 0 aliphatic heterocycles. The van der Waals surface area contributed by atoms with Gasteiger partial charge in [-0.25, -0.2) is 4.98 Å². The molecule has 5 heteroatoms. The van der Waals surface area contributed by atoms with Crippen LogP contribution in [0.3, 0.4) is 0 Å². The van der Waals surface area contributed by atoms with E-state index in [0.717, 1.165) is 16.0 Å². The molecule has 2 aromatic rings. The smallest absolute Gasteiger partial charge is 0.255 e. The van der Waals surface area contributed by atoms with Gasteiger partial charge >= 0.3 is 0 Å². The van der Waals surface area contributed by atoms with Gasteiger partial charge in [0.1, 0.15) is 10.4 Å². The lowest BCUT2D eigenvalue weighted by atomic mass is 10.2. The number of benzene rings is 1. The number of ether oxygens (including phenoxy) is 1. The SMILES string of the molecule is Cc1nc(Br)ccc1NC(=O)c1ccc(OC(C)C)cc1. The van der Waals surface area contributed by atoms with E-state index in [1.807, 2.05) is 26.8 Å². The minimum Gasteiger partial charge on any atom is -0.491 e. The molecule has 0 bridgehead atoms. The maximum absolute atomic E-state index is 12.2. The molecule has 1 amide bonds. The Morgan fingerprint density at radius 3 is 2.43 bits per heavy atom. The van der Waals surface area contributed by atoms with Gasteiger partial charge in [0.25, 0.3) is 5.91 Å². The second-order valence-electron chi connectivity index (χ2n) is 4.91. The van der Waals surface area contributed by atoms with E-state index in [1.165, 1.54) is 0 Å². The Morgan fingerprint density at radius 1 is 1.19 bits per heavy atom. The van der Waals surface area contributed by atoms with Crippen LogP contribution in [0.2, 0.25) is 0 Å². The van der Waals surface area contributed by atoms with Crippen molar-refractivity contribution in [2.24, 2.45) is 0 Å². The predicted molar refractivity (Wildman–Crippen MR) is 86.8 cm³/mol. The third kappa shape index (κ3) is 4.29. The second kappa shape index (κ2) is 6.72. The molecular formula is C16H17BrN2O2. The fourth-order valence-electron chi connectivity index (χ4n) is 1.81. The van der Waals surface area contributed by atoms with Gasteiger partial charge in [0.05, 0.1) is 17.5 Å². The highest BCUT2D eigenvalue weighted by Gasteiger charge is 2.09. The van der Waals surface area contributed by atoms with Crippen LogP contribution in [-0.2, 0) is 0 Å². The third-order valence-electron chi connectivity index (χ3n) is 2.79. The Bertz CT molecular complexity index is 639. The predicted octanol–water partition coefficient (Wildman–Crippen LogP) is 4.19. The standard InChI is InChI=1S/C16H17BrN2O2/c1-10(2)21-13-6-4-12(5-7-13)16(20)19-14-8-9-15(17)18-11(14)3/h4-10H,1-3H3,(H,19,20). The first-order valence-corrected chi connectivity index (χ1v) is 7.46. The number of aromatic nitrogens is 1. The number of hydrogen-bond donors (Lipinski definition) is 1. The van der Waals surface area contributed by atoms with E-state index in [2.05, 4.69) is 26.2 Å². The summed E-state index contributed by atoms with van der Waals surface area (Å²) in [5.41, 5.74) is 2.04. The number of carbonyl (C=O) groups excluding carboxylic acids is 1. The highest BCUT2D eigenvalue weighted by molar-refractivity contribution is 9.10. The monoisotopic (exact) mass is 348 g/mol. The summed E-state index contributed by atoms with van der Waals surface area (Å²) in [6, 6.07) is 10.7. The van der Waals surface area contributed by atoms with E-state index in [-0.39, 0.29) is 12.0 Å². The summed E-state index contributed by atoms with van der Waals surface area (Å²) in [6.45, 7) is 5.77. The number of rotatable bonds is 4. The van der Waals surface area contributed by atoms with Crippen LogP contribution >= 0.6 is 15.9 Å². The number of halogens is 1. The number of carbonyl (C=O) groups is 1. The maximum atomic E-state index is 12.2. The van der Waals surface area contributed by atoms with Crippen molar-refractivity contribution in [1.82, 2.24) is 4.98 Å². The van der Waals surface area contributed by atoms with Gasteiger partial charge < -0.3 is 10.1 Å². The van der Waals surface area contributed by atoms with Gasteiger partial charge in [-0.2, -0.15) is 0 Å². The van der Waals surface area contributed by atoms with E-state index in [9.17, 15) is 4.79 Å². The number of pyridine rings is 1. The Labute approximate surface area is 132 Å². The van der Waals surface area contributed by atoms with Crippen LogP contribution < -0.4 is 10.1 Å². The fraction of sp³-hybridized carbons (Fsp3) is 0.250. The summed E-state index contributed by atoms with van der Waals surface area (Å²) >= 11 is 3.30. The first kappa shape index (κ1) is 15.5. The summed E-state index contributed by atoms with van der Waals surface area (Å²) in [7, 11) is 0. The number of nitrogens with zero attached hydrogens (tertiary/aromatic N) is 1. The first-order valence-electron chi connectivity index (χ1n) is 6.67. The Morgan fingerprint density at radius 2 is 1.86 bits per heavy atom. The van der Waals surface area contributed by atoms with Crippen LogP contribution in [0.15, 0.2) is 41.0 Å². The summed E-state index contributed by atoms with van der Waals surface area (Å²) in [4.78, 5) is 16.4. The number of aryl methyl sites for hydroxylation is 1. The van der Waals surface area contributed by atoms with Crippen molar-refractivity contribution >= 4 is 27.5 Å². The van der Waals surface area contributed by atoms with Crippen LogP contribution in [0.25, 0.3) is 0 Å². The molecule has 2 rings (SSSR count). The fourth-order valence-corrected chi connectivity index (χ4v) is 2.21. The molecule has 1 aromatic carbocycles. The number of hydrogen-bond acceptors (Lipinski definition) is 3. The van der Waals surface area contributed by atoms with Crippen molar-refractivity contribution in [3.8, 4) is 5.75 Å². The molecule has 0 radical (unpaired) electrons. The lowest BCUT2D eigenvalue weighted by Gasteiger charge is -2.11. The van der Waals surface area contributed by atoms with Crippen LogP contribution in [0.1, 0.15) is 29.9 Å². The molecule has 0 atom stereocenters. The first-order chi connectivity index (χ1) is 9.95. The zero-order valence-corrected chi connectivity index (χ0v) is 13.8. The molecule has 1 aromatic heterocycles. The zero-order valence-electron chi connectivity index (χ0n) is 12.2. The molecule has 110 valence electrons. The molecule has 0 fully saturated rings. The van der Waals surface area contributed by atoms with Crippen molar-refractivity contribution in [2.75, 3.05) is 5.32 Å². The molecule has 0 aliphatic rings. The Balaban J connectivity index is 2.09. The van der Waals surface area contributed by atoms with E-state index < -0.39 is 0 Å². The van der Waals surface area contributed by atoms with Crippen molar-refractivity contribution < 1.29 is 9.53 Å². The van der Waals surface area contributed by atoms with Gasteiger partial charge in [-0.15, -0.1) is 0 Å². The summed E-state index contributed by atoms with van der Waals surface area (Å²) in [5.74, 6) is 0.585. The number of nitrogens with one attached hydrogen (secondary N) is 1. The van der Waals surface area contributed by atoms with Gasteiger partial charge in [-0.1, -0.05) is 0 Å². The lowest BCUT2D eigenvalue weighted by molar-refractivity contribution is 0.102. The van der Waals surface area contributed by atoms with Crippen molar-refractivity contribution in [2.45, 2.75) is 26.9 Å². The summed E-state index contributed by atoms with van der Waals surface area (Å²) < 4.78 is 6.30. The summed E-state index contributed by atoms with van der Waals surface area (Å²) in [6.07, 6.45) is 0.112. The Hall–Kier alpha value is -1.88. The van der Waals surface area contributed by atoms with E-state index in [0.29, 0.717) is 11.3 Å². The molecular weight excluding hydrogens is 332 g/mol. The van der Waals surface area contributed by atoms with Crippen LogP contribution in [0.4, 0.5) is 5.69 Å². The molecule has 1 heterocycles. The van der Waals surface area contributed by atoms with Crippen molar-refractivity contribution in [3.05, 3.63) is 52.3 Å². The van der Waals surface area contributed by atoms with E-state index >= 15 is 0 Å². The number of anilines is 1. The van der Waals surface area contributed by atoms with Gasteiger partial charge in [0.15, 0.2) is 0 Å². The highest BCUT2D eigenvalue weighted by atomic mass is 79.9. The highest BCUT2D eigenvalue weighted by Crippen LogP contribution is 2.18. The minimum atomic E-state index is -0.168. The topological polar surface area (TPSA) is 51.2 Å². The van der Waals surface area contributed by atoms with Crippen molar-refractivity contribution in [1.29, 1.82) is 0 Å². The maximum Gasteiger partial charge on any atom is 0.255 e. The largest absolute Gasteiger partial charge is 0.491 e.